The Labute approximate surface area is 105 Å². The van der Waals surface area contributed by atoms with Gasteiger partial charge in [0.15, 0.2) is 0 Å². The minimum atomic E-state index is -4.82. The van der Waals surface area contributed by atoms with E-state index >= 15 is 0 Å². The molecule has 100 valence electrons. The maximum absolute atomic E-state index is 12.4. The molecule has 0 aliphatic carbocycles. The second-order valence-corrected chi connectivity index (χ2v) is 3.98. The summed E-state index contributed by atoms with van der Waals surface area (Å²) < 4.78 is 37.2. The van der Waals surface area contributed by atoms with Crippen LogP contribution in [0.3, 0.4) is 0 Å². The normalized spacial score (nSPS) is 11.6. The molecule has 0 saturated heterocycles. The number of aryl methyl sites for hydroxylation is 1. The van der Waals surface area contributed by atoms with Gasteiger partial charge < -0.3 is 10.1 Å². The van der Waals surface area contributed by atoms with E-state index in [1.54, 1.807) is 17.1 Å². The third-order valence-electron chi connectivity index (χ3n) is 2.51. The fraction of sp³-hybridized carbons (Fsp3) is 0.167. The summed E-state index contributed by atoms with van der Waals surface area (Å²) in [4.78, 5) is 16.2. The summed E-state index contributed by atoms with van der Waals surface area (Å²) in [7, 11) is 0. The average Bonchev–Trinajstić information content (AvgIpc) is 2.29. The Morgan fingerprint density at radius 2 is 1.79 bits per heavy atom. The number of rotatable bonds is 1. The topological polar surface area (TPSA) is 66.0 Å². The molecule has 0 radical (unpaired) electrons. The lowest BCUT2D eigenvalue weighted by Crippen LogP contribution is -2.20. The van der Waals surface area contributed by atoms with Gasteiger partial charge in [-0.15, -0.1) is 0 Å². The zero-order valence-electron chi connectivity index (χ0n) is 9.75. The first-order valence-corrected chi connectivity index (χ1v) is 5.26. The molecule has 4 nitrogen and oxygen atoms in total. The molecule has 19 heavy (non-hydrogen) atoms. The molecule has 1 heterocycles. The molecule has 0 saturated carbocycles. The number of aromatic hydroxyl groups is 1. The molecule has 1 aromatic heterocycles. The van der Waals surface area contributed by atoms with Crippen LogP contribution in [0.15, 0.2) is 29.1 Å². The van der Waals surface area contributed by atoms with Crippen LogP contribution < -0.4 is 5.56 Å². The van der Waals surface area contributed by atoms with Crippen molar-refractivity contribution in [2.75, 3.05) is 0 Å². The van der Waals surface area contributed by atoms with Gasteiger partial charge in [0.2, 0.25) is 11.7 Å². The Morgan fingerprint density at radius 3 is 2.26 bits per heavy atom. The summed E-state index contributed by atoms with van der Waals surface area (Å²) in [6.45, 7) is 1.82. The Morgan fingerprint density at radius 1 is 1.21 bits per heavy atom. The van der Waals surface area contributed by atoms with Crippen molar-refractivity contribution in [3.8, 4) is 17.0 Å². The van der Waals surface area contributed by atoms with Gasteiger partial charge in [0.1, 0.15) is 5.56 Å². The molecule has 0 amide bonds. The monoisotopic (exact) mass is 270 g/mol. The van der Waals surface area contributed by atoms with Crippen molar-refractivity contribution in [1.82, 2.24) is 9.97 Å². The lowest BCUT2D eigenvalue weighted by Gasteiger charge is -2.08. The quantitative estimate of drug-likeness (QED) is 0.836. The first-order valence-electron chi connectivity index (χ1n) is 5.26. The van der Waals surface area contributed by atoms with E-state index in [1.165, 1.54) is 12.1 Å². The molecule has 2 N–H and O–H groups in total. The van der Waals surface area contributed by atoms with E-state index < -0.39 is 23.4 Å². The number of hydrogen-bond acceptors (Lipinski definition) is 3. The summed E-state index contributed by atoms with van der Waals surface area (Å²) in [6.07, 6.45) is -4.82. The highest BCUT2D eigenvalue weighted by Crippen LogP contribution is 2.29. The van der Waals surface area contributed by atoms with E-state index in [2.05, 4.69) is 4.98 Å². The number of H-pyrrole nitrogens is 1. The maximum atomic E-state index is 12.4. The van der Waals surface area contributed by atoms with E-state index in [9.17, 15) is 23.1 Å². The number of hydrogen-bond donors (Lipinski definition) is 2. The van der Waals surface area contributed by atoms with E-state index in [4.69, 9.17) is 0 Å². The maximum Gasteiger partial charge on any atom is 0.449 e. The van der Waals surface area contributed by atoms with E-state index in [1.807, 2.05) is 6.92 Å². The lowest BCUT2D eigenvalue weighted by atomic mass is 10.1. The van der Waals surface area contributed by atoms with Crippen LogP contribution in [-0.4, -0.2) is 15.1 Å². The van der Waals surface area contributed by atoms with Gasteiger partial charge in [0, 0.05) is 0 Å². The summed E-state index contributed by atoms with van der Waals surface area (Å²) in [5.41, 5.74) is -0.109. The highest BCUT2D eigenvalue weighted by molar-refractivity contribution is 5.67. The first kappa shape index (κ1) is 13.1. The Kier molecular flexibility index (Phi) is 3.05. The Bertz CT molecular complexity index is 660. The highest BCUT2D eigenvalue weighted by Gasteiger charge is 2.35. The van der Waals surface area contributed by atoms with Gasteiger partial charge in [-0.3, -0.25) is 4.79 Å². The van der Waals surface area contributed by atoms with Gasteiger partial charge in [-0.25, -0.2) is 0 Å². The van der Waals surface area contributed by atoms with Crippen molar-refractivity contribution in [3.05, 3.63) is 46.0 Å². The van der Waals surface area contributed by atoms with Crippen LogP contribution in [0.4, 0.5) is 13.2 Å². The third-order valence-corrected chi connectivity index (χ3v) is 2.51. The van der Waals surface area contributed by atoms with Crippen LogP contribution in [0, 0.1) is 6.92 Å². The van der Waals surface area contributed by atoms with E-state index in [0.717, 1.165) is 5.56 Å². The molecule has 0 atom stereocenters. The fourth-order valence-corrected chi connectivity index (χ4v) is 1.58. The van der Waals surface area contributed by atoms with E-state index in [0.29, 0.717) is 5.56 Å². The summed E-state index contributed by atoms with van der Waals surface area (Å²) in [6, 6.07) is 6.39. The largest absolute Gasteiger partial charge is 0.493 e. The van der Waals surface area contributed by atoms with Gasteiger partial charge in [0.05, 0.1) is 0 Å². The molecule has 0 bridgehead atoms. The minimum Gasteiger partial charge on any atom is -0.493 e. The van der Waals surface area contributed by atoms with Crippen LogP contribution in [0.5, 0.6) is 5.88 Å². The molecule has 0 fully saturated rings. The van der Waals surface area contributed by atoms with Crippen molar-refractivity contribution in [1.29, 1.82) is 0 Å². The summed E-state index contributed by atoms with van der Waals surface area (Å²) in [5.74, 6) is -2.47. The Balaban J connectivity index is 2.60. The van der Waals surface area contributed by atoms with Crippen LogP contribution >= 0.6 is 0 Å². The smallest absolute Gasteiger partial charge is 0.449 e. The molecule has 0 unspecified atom stereocenters. The standard InChI is InChI=1S/C12H9F3N2O2/c1-6-2-4-7(5-3-6)8-9(18)16-11(12(13,14)15)17-10(8)19/h2-5H,1H3,(H2,16,17,18,19). The minimum absolute atomic E-state index is 0.284. The number of nitrogens with zero attached hydrogens (tertiary/aromatic N) is 1. The van der Waals surface area contributed by atoms with Crippen LogP contribution in [0.2, 0.25) is 0 Å². The average molecular weight is 270 g/mol. The van der Waals surface area contributed by atoms with Crippen LogP contribution in [0.1, 0.15) is 11.4 Å². The Hall–Kier alpha value is -2.31. The predicted molar refractivity (Wildman–Crippen MR) is 61.7 cm³/mol. The number of benzene rings is 1. The number of halogens is 3. The van der Waals surface area contributed by atoms with E-state index in [-0.39, 0.29) is 5.56 Å². The van der Waals surface area contributed by atoms with Crippen molar-refractivity contribution >= 4 is 0 Å². The van der Waals surface area contributed by atoms with Gasteiger partial charge >= 0.3 is 6.18 Å². The molecule has 2 aromatic rings. The van der Waals surface area contributed by atoms with Crippen LogP contribution in [0.25, 0.3) is 11.1 Å². The first-order chi connectivity index (χ1) is 8.79. The molecular weight excluding hydrogens is 261 g/mol. The molecular formula is C12H9F3N2O2. The lowest BCUT2D eigenvalue weighted by molar-refractivity contribution is -0.145. The van der Waals surface area contributed by atoms with Crippen molar-refractivity contribution < 1.29 is 18.3 Å². The zero-order chi connectivity index (χ0) is 14.2. The van der Waals surface area contributed by atoms with Gasteiger partial charge in [-0.1, -0.05) is 29.8 Å². The summed E-state index contributed by atoms with van der Waals surface area (Å²) >= 11 is 0. The number of aromatic amines is 1. The predicted octanol–water partition coefficient (Wildman–Crippen LogP) is 2.47. The SMILES string of the molecule is Cc1ccc(-c2c(O)nc(C(F)(F)F)[nH]c2=O)cc1. The van der Waals surface area contributed by atoms with Crippen molar-refractivity contribution in [2.45, 2.75) is 13.1 Å². The molecule has 0 aliphatic rings. The number of alkyl halides is 3. The molecule has 0 spiro atoms. The second-order valence-electron chi connectivity index (χ2n) is 3.98. The van der Waals surface area contributed by atoms with Crippen molar-refractivity contribution in [2.24, 2.45) is 0 Å². The van der Waals surface area contributed by atoms with Gasteiger partial charge in [-0.2, -0.15) is 18.2 Å². The molecule has 0 aliphatic heterocycles. The zero-order valence-corrected chi connectivity index (χ0v) is 9.75. The summed E-state index contributed by atoms with van der Waals surface area (Å²) in [5, 5.41) is 9.53. The number of nitrogens with one attached hydrogen (secondary N) is 1. The van der Waals surface area contributed by atoms with Crippen LogP contribution in [-0.2, 0) is 6.18 Å². The molecule has 1 aromatic carbocycles. The van der Waals surface area contributed by atoms with Gasteiger partial charge in [0.25, 0.3) is 5.56 Å². The van der Waals surface area contributed by atoms with Crippen molar-refractivity contribution in [3.63, 3.8) is 0 Å². The van der Waals surface area contributed by atoms with Gasteiger partial charge in [-0.05, 0) is 12.5 Å². The second kappa shape index (κ2) is 4.42. The molecule has 2 rings (SSSR count). The highest BCUT2D eigenvalue weighted by atomic mass is 19.4. The fourth-order valence-electron chi connectivity index (χ4n) is 1.58. The third kappa shape index (κ3) is 2.59. The molecule has 7 heteroatoms. The number of aromatic nitrogens is 2.